The van der Waals surface area contributed by atoms with Crippen LogP contribution in [-0.4, -0.2) is 35.3 Å². The molecule has 2 amide bonds. The van der Waals surface area contributed by atoms with Crippen molar-refractivity contribution in [1.29, 1.82) is 0 Å². The van der Waals surface area contributed by atoms with Crippen LogP contribution in [0.15, 0.2) is 40.8 Å². The lowest BCUT2D eigenvalue weighted by Gasteiger charge is -2.40. The van der Waals surface area contributed by atoms with Crippen LogP contribution >= 0.6 is 0 Å². The van der Waals surface area contributed by atoms with E-state index in [0.29, 0.717) is 18.8 Å². The summed E-state index contributed by atoms with van der Waals surface area (Å²) in [5.41, 5.74) is 1.30. The molecule has 0 radical (unpaired) electrons. The largest absolute Gasteiger partial charge is 0.451 e. The van der Waals surface area contributed by atoms with E-state index in [1.807, 2.05) is 12.1 Å². The number of rotatable bonds is 3. The summed E-state index contributed by atoms with van der Waals surface area (Å²) in [7, 11) is 0. The molecule has 0 unspecified atom stereocenters. The van der Waals surface area contributed by atoms with Gasteiger partial charge in [0.1, 0.15) is 11.3 Å². The van der Waals surface area contributed by atoms with Crippen molar-refractivity contribution in [3.63, 3.8) is 0 Å². The highest BCUT2D eigenvalue weighted by Crippen LogP contribution is 2.26. The Morgan fingerprint density at radius 3 is 2.58 bits per heavy atom. The summed E-state index contributed by atoms with van der Waals surface area (Å²) in [6, 6.07) is 11.6. The maximum absolute atomic E-state index is 12.8. The maximum atomic E-state index is 12.8. The first-order valence-corrected chi connectivity index (χ1v) is 8.23. The first-order chi connectivity index (χ1) is 11.4. The average Bonchev–Trinajstić information content (AvgIpc) is 3.07. The third kappa shape index (κ3) is 2.82. The van der Waals surface area contributed by atoms with Crippen LogP contribution in [0.25, 0.3) is 11.3 Å². The first-order valence-electron chi connectivity index (χ1n) is 8.23. The lowest BCUT2D eigenvalue weighted by molar-refractivity contribution is -0.133. The summed E-state index contributed by atoms with van der Waals surface area (Å²) in [6.45, 7) is 6.52. The minimum atomic E-state index is -0.884. The standard InChI is InChI=1S/C19H22N2O3/c1-4-13-5-7-14(8-6-13)15-9-10-16(24-15)17(22)21-12-11-20-18(23)19(21,2)3/h5-10H,4,11-12H2,1-3H3,(H,20,23). The van der Waals surface area contributed by atoms with Gasteiger partial charge in [-0.3, -0.25) is 9.59 Å². The van der Waals surface area contributed by atoms with E-state index in [4.69, 9.17) is 4.42 Å². The van der Waals surface area contributed by atoms with Crippen LogP contribution < -0.4 is 5.32 Å². The van der Waals surface area contributed by atoms with Crippen LogP contribution in [0.2, 0.25) is 0 Å². The number of nitrogens with one attached hydrogen (secondary N) is 1. The zero-order valence-electron chi connectivity index (χ0n) is 14.3. The molecule has 1 fully saturated rings. The van der Waals surface area contributed by atoms with Crippen LogP contribution in [0.5, 0.6) is 0 Å². The molecule has 1 aliphatic rings. The molecular weight excluding hydrogens is 304 g/mol. The van der Waals surface area contributed by atoms with Crippen molar-refractivity contribution >= 4 is 11.8 Å². The van der Waals surface area contributed by atoms with Gasteiger partial charge in [0.2, 0.25) is 5.91 Å². The van der Waals surface area contributed by atoms with Crippen molar-refractivity contribution < 1.29 is 14.0 Å². The molecule has 3 rings (SSSR count). The fraction of sp³-hybridized carbons (Fsp3) is 0.368. The maximum Gasteiger partial charge on any atom is 0.290 e. The first kappa shape index (κ1) is 16.3. The SMILES string of the molecule is CCc1ccc(-c2ccc(C(=O)N3CCNC(=O)C3(C)C)o2)cc1. The Morgan fingerprint density at radius 2 is 1.92 bits per heavy atom. The van der Waals surface area contributed by atoms with Crippen LogP contribution in [-0.2, 0) is 11.2 Å². The zero-order valence-corrected chi connectivity index (χ0v) is 14.3. The molecule has 1 aromatic carbocycles. The molecule has 1 saturated heterocycles. The van der Waals surface area contributed by atoms with Gasteiger partial charge in [-0.25, -0.2) is 0 Å². The molecule has 1 aliphatic heterocycles. The Labute approximate surface area is 141 Å². The third-order valence-electron chi connectivity index (χ3n) is 4.56. The third-order valence-corrected chi connectivity index (χ3v) is 4.56. The van der Waals surface area contributed by atoms with E-state index in [1.165, 1.54) is 5.56 Å². The van der Waals surface area contributed by atoms with Crippen molar-refractivity contribution in [2.75, 3.05) is 13.1 Å². The minimum Gasteiger partial charge on any atom is -0.451 e. The Bertz CT molecular complexity index is 759. The van der Waals surface area contributed by atoms with Crippen molar-refractivity contribution in [2.45, 2.75) is 32.7 Å². The lowest BCUT2D eigenvalue weighted by atomic mass is 9.98. The van der Waals surface area contributed by atoms with Crippen molar-refractivity contribution in [3.8, 4) is 11.3 Å². The molecule has 2 aromatic rings. The molecule has 0 atom stereocenters. The van der Waals surface area contributed by atoms with E-state index < -0.39 is 5.54 Å². The van der Waals surface area contributed by atoms with Gasteiger partial charge in [0.15, 0.2) is 5.76 Å². The Balaban J connectivity index is 1.84. The molecule has 126 valence electrons. The van der Waals surface area contributed by atoms with E-state index >= 15 is 0 Å². The van der Waals surface area contributed by atoms with Crippen LogP contribution in [0, 0.1) is 0 Å². The predicted molar refractivity (Wildman–Crippen MR) is 91.6 cm³/mol. The van der Waals surface area contributed by atoms with Gasteiger partial charge in [-0.15, -0.1) is 0 Å². The fourth-order valence-electron chi connectivity index (χ4n) is 2.90. The number of piperazine rings is 1. The van der Waals surface area contributed by atoms with Gasteiger partial charge in [-0.1, -0.05) is 31.2 Å². The highest BCUT2D eigenvalue weighted by Gasteiger charge is 2.41. The molecule has 2 heterocycles. The minimum absolute atomic E-state index is 0.149. The normalized spacial score (nSPS) is 16.8. The van der Waals surface area contributed by atoms with Crippen molar-refractivity contribution in [3.05, 3.63) is 47.7 Å². The lowest BCUT2D eigenvalue weighted by Crippen LogP contribution is -2.63. The Hall–Kier alpha value is -2.56. The molecule has 0 aliphatic carbocycles. The smallest absolute Gasteiger partial charge is 0.290 e. The van der Waals surface area contributed by atoms with E-state index in [0.717, 1.165) is 12.0 Å². The highest BCUT2D eigenvalue weighted by atomic mass is 16.4. The number of benzene rings is 1. The monoisotopic (exact) mass is 326 g/mol. The molecule has 0 spiro atoms. The Morgan fingerprint density at radius 1 is 1.21 bits per heavy atom. The van der Waals surface area contributed by atoms with Crippen molar-refractivity contribution in [2.24, 2.45) is 0 Å². The summed E-state index contributed by atoms with van der Waals surface area (Å²) in [6.07, 6.45) is 0.980. The molecular formula is C19H22N2O3. The van der Waals surface area contributed by atoms with Gasteiger partial charge < -0.3 is 14.6 Å². The fourth-order valence-corrected chi connectivity index (χ4v) is 2.90. The molecule has 5 nitrogen and oxygen atoms in total. The van der Waals surface area contributed by atoms with E-state index in [1.54, 1.807) is 30.9 Å². The summed E-state index contributed by atoms with van der Waals surface area (Å²) >= 11 is 0. The van der Waals surface area contributed by atoms with E-state index in [9.17, 15) is 9.59 Å². The molecule has 5 heteroatoms. The summed E-state index contributed by atoms with van der Waals surface area (Å²) in [5.74, 6) is 0.503. The highest BCUT2D eigenvalue weighted by molar-refractivity contribution is 5.98. The van der Waals surface area contributed by atoms with Gasteiger partial charge in [-0.05, 0) is 38.0 Å². The number of hydrogen-bond donors (Lipinski definition) is 1. The summed E-state index contributed by atoms with van der Waals surface area (Å²) in [4.78, 5) is 26.3. The Kier molecular flexibility index (Phi) is 4.18. The summed E-state index contributed by atoms with van der Waals surface area (Å²) in [5, 5.41) is 2.79. The number of carbonyl (C=O) groups excluding carboxylic acids is 2. The van der Waals surface area contributed by atoms with Crippen LogP contribution in [0.4, 0.5) is 0 Å². The number of hydrogen-bond acceptors (Lipinski definition) is 3. The number of aryl methyl sites for hydroxylation is 1. The number of furan rings is 1. The number of carbonyl (C=O) groups is 2. The van der Waals surface area contributed by atoms with Gasteiger partial charge in [-0.2, -0.15) is 0 Å². The second kappa shape index (κ2) is 6.15. The molecule has 1 N–H and O–H groups in total. The second-order valence-corrected chi connectivity index (χ2v) is 6.49. The average molecular weight is 326 g/mol. The quantitative estimate of drug-likeness (QED) is 0.943. The zero-order chi connectivity index (χ0) is 17.3. The van der Waals surface area contributed by atoms with E-state index in [-0.39, 0.29) is 17.6 Å². The molecule has 1 aromatic heterocycles. The van der Waals surface area contributed by atoms with E-state index in [2.05, 4.69) is 24.4 Å². The second-order valence-electron chi connectivity index (χ2n) is 6.49. The predicted octanol–water partition coefficient (Wildman–Crippen LogP) is 2.86. The van der Waals surface area contributed by atoms with Crippen molar-refractivity contribution in [1.82, 2.24) is 10.2 Å². The number of nitrogens with zero attached hydrogens (tertiary/aromatic N) is 1. The number of amides is 2. The van der Waals surface area contributed by atoms with Crippen LogP contribution in [0.1, 0.15) is 36.9 Å². The molecule has 0 bridgehead atoms. The van der Waals surface area contributed by atoms with Gasteiger partial charge in [0, 0.05) is 18.7 Å². The topological polar surface area (TPSA) is 62.6 Å². The summed E-state index contributed by atoms with van der Waals surface area (Å²) < 4.78 is 5.76. The van der Waals surface area contributed by atoms with Crippen LogP contribution in [0.3, 0.4) is 0 Å². The van der Waals surface area contributed by atoms with Gasteiger partial charge in [0.25, 0.3) is 5.91 Å². The van der Waals surface area contributed by atoms with Gasteiger partial charge >= 0.3 is 0 Å². The molecule has 0 saturated carbocycles. The molecule has 24 heavy (non-hydrogen) atoms. The van der Waals surface area contributed by atoms with Gasteiger partial charge in [0.05, 0.1) is 0 Å².